The molecule has 0 aliphatic carbocycles. The number of ether oxygens (including phenoxy) is 1. The third kappa shape index (κ3) is 5.50. The molecule has 0 aliphatic rings. The van der Waals surface area contributed by atoms with Gasteiger partial charge in [-0.05, 0) is 54.6 Å². The fraction of sp³-hybridized carbons (Fsp3) is 0.0952. The lowest BCUT2D eigenvalue weighted by atomic mass is 10.2. The molecule has 4 aromatic rings. The number of rotatable bonds is 6. The number of anilines is 1. The molecule has 4 rings (SSSR count). The van der Waals surface area contributed by atoms with Crippen LogP contribution in [0.1, 0.15) is 0 Å². The van der Waals surface area contributed by atoms with Gasteiger partial charge in [-0.1, -0.05) is 16.8 Å². The van der Waals surface area contributed by atoms with E-state index in [9.17, 15) is 22.4 Å². The first-order chi connectivity index (χ1) is 15.7. The zero-order valence-corrected chi connectivity index (χ0v) is 17.2. The second-order valence-corrected chi connectivity index (χ2v) is 7.10. The van der Waals surface area contributed by atoms with Crippen LogP contribution in [0.15, 0.2) is 65.3 Å². The molecule has 0 bridgehead atoms. The van der Waals surface area contributed by atoms with Gasteiger partial charge in [0.05, 0.1) is 10.7 Å². The lowest BCUT2D eigenvalue weighted by molar-refractivity contribution is -0.274. The molecule has 7 nitrogen and oxygen atoms in total. The maximum Gasteiger partial charge on any atom is 0.573 e. The van der Waals surface area contributed by atoms with Gasteiger partial charge < -0.3 is 19.1 Å². The molecule has 2 heterocycles. The SMILES string of the molecule is O=C(Cn1cccc1-c1nc(-c2ccc(OC(F)(F)F)cc2)no1)Nc1cc(F)ccc1Cl. The highest BCUT2D eigenvalue weighted by Crippen LogP contribution is 2.27. The highest BCUT2D eigenvalue weighted by atomic mass is 35.5. The Morgan fingerprint density at radius 2 is 1.91 bits per heavy atom. The molecule has 12 heteroatoms. The molecule has 0 spiro atoms. The summed E-state index contributed by atoms with van der Waals surface area (Å²) < 4.78 is 60.9. The molecule has 0 aliphatic heterocycles. The summed E-state index contributed by atoms with van der Waals surface area (Å²) in [6, 6.07) is 11.9. The summed E-state index contributed by atoms with van der Waals surface area (Å²) in [5.74, 6) is -1.18. The van der Waals surface area contributed by atoms with E-state index in [2.05, 4.69) is 20.2 Å². The van der Waals surface area contributed by atoms with E-state index in [4.69, 9.17) is 16.1 Å². The van der Waals surface area contributed by atoms with Crippen molar-refractivity contribution in [3.8, 4) is 28.7 Å². The van der Waals surface area contributed by atoms with E-state index < -0.39 is 18.1 Å². The van der Waals surface area contributed by atoms with Crippen molar-refractivity contribution >= 4 is 23.2 Å². The largest absolute Gasteiger partial charge is 0.573 e. The van der Waals surface area contributed by atoms with Gasteiger partial charge in [0.15, 0.2) is 0 Å². The van der Waals surface area contributed by atoms with Crippen molar-refractivity contribution < 1.29 is 31.6 Å². The van der Waals surface area contributed by atoms with Crippen molar-refractivity contribution in [3.05, 3.63) is 71.6 Å². The lowest BCUT2D eigenvalue weighted by Gasteiger charge is -2.09. The summed E-state index contributed by atoms with van der Waals surface area (Å²) in [4.78, 5) is 16.7. The van der Waals surface area contributed by atoms with Gasteiger partial charge in [0.2, 0.25) is 11.7 Å². The van der Waals surface area contributed by atoms with Crippen LogP contribution in [0, 0.1) is 5.82 Å². The van der Waals surface area contributed by atoms with E-state index in [1.165, 1.54) is 28.8 Å². The number of amides is 1. The lowest BCUT2D eigenvalue weighted by Crippen LogP contribution is -2.19. The number of aromatic nitrogens is 3. The Hall–Kier alpha value is -3.86. The van der Waals surface area contributed by atoms with E-state index in [-0.39, 0.29) is 34.7 Å². The van der Waals surface area contributed by atoms with Crippen molar-refractivity contribution in [1.82, 2.24) is 14.7 Å². The van der Waals surface area contributed by atoms with Crippen LogP contribution in [0.4, 0.5) is 23.2 Å². The topological polar surface area (TPSA) is 82.2 Å². The number of nitrogens with zero attached hydrogens (tertiary/aromatic N) is 3. The van der Waals surface area contributed by atoms with Crippen LogP contribution in [-0.2, 0) is 11.3 Å². The fourth-order valence-corrected chi connectivity index (χ4v) is 3.10. The molecule has 0 radical (unpaired) electrons. The van der Waals surface area contributed by atoms with Gasteiger partial charge in [-0.2, -0.15) is 4.98 Å². The first-order valence-electron chi connectivity index (χ1n) is 9.28. The van der Waals surface area contributed by atoms with Gasteiger partial charge in [0, 0.05) is 11.8 Å². The standard InChI is InChI=1S/C21H13ClF4N4O3/c22-15-8-5-13(23)10-16(15)27-18(31)11-30-9-1-2-17(30)20-28-19(29-33-20)12-3-6-14(7-4-12)32-21(24,25)26/h1-10H,11H2,(H,27,31). The number of benzene rings is 2. The molecule has 0 fully saturated rings. The minimum absolute atomic E-state index is 0.0854. The smallest absolute Gasteiger partial charge is 0.406 e. The molecule has 33 heavy (non-hydrogen) atoms. The van der Waals surface area contributed by atoms with Crippen LogP contribution in [-0.4, -0.2) is 27.0 Å². The highest BCUT2D eigenvalue weighted by Gasteiger charge is 2.31. The molecule has 0 unspecified atom stereocenters. The van der Waals surface area contributed by atoms with Gasteiger partial charge in [-0.15, -0.1) is 13.2 Å². The Bertz CT molecular complexity index is 1290. The van der Waals surface area contributed by atoms with Crippen LogP contribution < -0.4 is 10.1 Å². The molecular weight excluding hydrogens is 468 g/mol. The first-order valence-corrected chi connectivity index (χ1v) is 9.66. The van der Waals surface area contributed by atoms with Gasteiger partial charge in [-0.3, -0.25) is 4.79 Å². The predicted molar refractivity (Wildman–Crippen MR) is 110 cm³/mol. The average Bonchev–Trinajstić information content (AvgIpc) is 3.39. The molecule has 0 atom stereocenters. The molecule has 0 saturated heterocycles. The molecule has 1 amide bonds. The normalized spacial score (nSPS) is 11.4. The number of hydrogen-bond donors (Lipinski definition) is 1. The van der Waals surface area contributed by atoms with E-state index in [0.29, 0.717) is 11.3 Å². The number of alkyl halides is 3. The third-order valence-electron chi connectivity index (χ3n) is 4.34. The Morgan fingerprint density at radius 3 is 2.64 bits per heavy atom. The average molecular weight is 481 g/mol. The van der Waals surface area contributed by atoms with Crippen molar-refractivity contribution in [2.75, 3.05) is 5.32 Å². The van der Waals surface area contributed by atoms with Gasteiger partial charge in [0.1, 0.15) is 23.8 Å². The second kappa shape index (κ2) is 8.94. The van der Waals surface area contributed by atoms with Crippen molar-refractivity contribution in [2.45, 2.75) is 12.9 Å². The third-order valence-corrected chi connectivity index (χ3v) is 4.67. The van der Waals surface area contributed by atoms with Crippen LogP contribution in [0.3, 0.4) is 0 Å². The summed E-state index contributed by atoms with van der Waals surface area (Å²) in [7, 11) is 0. The number of halogens is 5. The predicted octanol–water partition coefficient (Wildman–Crippen LogP) is 5.53. The van der Waals surface area contributed by atoms with Crippen LogP contribution in [0.2, 0.25) is 5.02 Å². The van der Waals surface area contributed by atoms with Crippen LogP contribution in [0.25, 0.3) is 23.0 Å². The summed E-state index contributed by atoms with van der Waals surface area (Å²) in [6.07, 6.45) is -3.19. The van der Waals surface area contributed by atoms with Crippen molar-refractivity contribution in [2.24, 2.45) is 0 Å². The number of nitrogens with one attached hydrogen (secondary N) is 1. The highest BCUT2D eigenvalue weighted by molar-refractivity contribution is 6.33. The van der Waals surface area contributed by atoms with Gasteiger partial charge >= 0.3 is 6.36 Å². The molecular formula is C21H13ClF4N4O3. The minimum Gasteiger partial charge on any atom is -0.406 e. The Labute approximate surface area is 188 Å². The van der Waals surface area contributed by atoms with E-state index >= 15 is 0 Å². The number of carbonyl (C=O) groups is 1. The van der Waals surface area contributed by atoms with Crippen LogP contribution in [0.5, 0.6) is 5.75 Å². The maximum atomic E-state index is 13.4. The first kappa shape index (κ1) is 22.3. The molecule has 2 aromatic heterocycles. The van der Waals surface area contributed by atoms with Crippen molar-refractivity contribution in [1.29, 1.82) is 0 Å². The number of carbonyl (C=O) groups excluding carboxylic acids is 1. The van der Waals surface area contributed by atoms with Gasteiger partial charge in [-0.25, -0.2) is 4.39 Å². The molecule has 2 aromatic carbocycles. The van der Waals surface area contributed by atoms with Crippen LogP contribution >= 0.6 is 11.6 Å². The van der Waals surface area contributed by atoms with Crippen molar-refractivity contribution in [3.63, 3.8) is 0 Å². The molecule has 170 valence electrons. The maximum absolute atomic E-state index is 13.4. The molecule has 1 N–H and O–H groups in total. The van der Waals surface area contributed by atoms with E-state index in [1.807, 2.05) is 0 Å². The number of hydrogen-bond acceptors (Lipinski definition) is 5. The minimum atomic E-state index is -4.79. The van der Waals surface area contributed by atoms with E-state index in [1.54, 1.807) is 18.3 Å². The summed E-state index contributed by atoms with van der Waals surface area (Å²) in [5, 5.41) is 6.55. The summed E-state index contributed by atoms with van der Waals surface area (Å²) in [5.41, 5.74) is 0.954. The summed E-state index contributed by atoms with van der Waals surface area (Å²) >= 11 is 5.97. The molecule has 0 saturated carbocycles. The second-order valence-electron chi connectivity index (χ2n) is 6.69. The monoisotopic (exact) mass is 480 g/mol. The Kier molecular flexibility index (Phi) is 6.05. The quantitative estimate of drug-likeness (QED) is 0.367. The Balaban J connectivity index is 1.48. The zero-order valence-electron chi connectivity index (χ0n) is 16.4. The Morgan fingerprint density at radius 1 is 1.15 bits per heavy atom. The zero-order chi connectivity index (χ0) is 23.6. The van der Waals surface area contributed by atoms with E-state index in [0.717, 1.165) is 18.2 Å². The summed E-state index contributed by atoms with van der Waals surface area (Å²) in [6.45, 7) is -0.156. The van der Waals surface area contributed by atoms with Gasteiger partial charge in [0.25, 0.3) is 5.89 Å². The fourth-order valence-electron chi connectivity index (χ4n) is 2.93.